The average molecular weight is 416 g/mol. The van der Waals surface area contributed by atoms with Crippen LogP contribution in [0.2, 0.25) is 0 Å². The minimum atomic E-state index is 0.000330. The van der Waals surface area contributed by atoms with Crippen LogP contribution in [0.4, 0.5) is 0 Å². The van der Waals surface area contributed by atoms with Crippen LogP contribution in [0.1, 0.15) is 16.0 Å². The van der Waals surface area contributed by atoms with E-state index >= 15 is 0 Å². The minimum absolute atomic E-state index is 0.000330. The summed E-state index contributed by atoms with van der Waals surface area (Å²) in [7, 11) is 4.84. The van der Waals surface area contributed by atoms with Gasteiger partial charge in [0, 0.05) is 10.0 Å². The molecule has 21 heavy (non-hydrogen) atoms. The summed E-state index contributed by atoms with van der Waals surface area (Å²) in [5.41, 5.74) is 2.11. The van der Waals surface area contributed by atoms with Gasteiger partial charge in [0.15, 0.2) is 11.5 Å². The van der Waals surface area contributed by atoms with Crippen molar-refractivity contribution < 1.29 is 14.2 Å². The molecule has 0 spiro atoms. The van der Waals surface area contributed by atoms with E-state index in [9.17, 15) is 0 Å². The first-order valence-electron chi connectivity index (χ1n) is 6.30. The Labute approximate surface area is 141 Å². The van der Waals surface area contributed by atoms with E-state index in [0.717, 1.165) is 15.6 Å². The number of benzene rings is 2. The van der Waals surface area contributed by atoms with Crippen LogP contribution < -0.4 is 14.2 Å². The van der Waals surface area contributed by atoms with E-state index in [2.05, 4.69) is 44.0 Å². The predicted molar refractivity (Wildman–Crippen MR) is 91.0 cm³/mol. The molecule has 0 saturated carbocycles. The van der Waals surface area contributed by atoms with Crippen LogP contribution in [0.25, 0.3) is 0 Å². The lowest BCUT2D eigenvalue weighted by Gasteiger charge is -2.19. The van der Waals surface area contributed by atoms with Crippen LogP contribution in [0.3, 0.4) is 0 Å². The molecular formula is C16H16Br2O3. The van der Waals surface area contributed by atoms with Crippen molar-refractivity contribution in [1.29, 1.82) is 0 Å². The number of halogens is 2. The Hall–Kier alpha value is -1.20. The van der Waals surface area contributed by atoms with E-state index in [-0.39, 0.29) is 4.83 Å². The summed E-state index contributed by atoms with van der Waals surface area (Å²) in [5.74, 6) is 1.91. The first-order chi connectivity index (χ1) is 10.1. The number of hydrogen-bond acceptors (Lipinski definition) is 3. The van der Waals surface area contributed by atoms with E-state index in [1.54, 1.807) is 21.3 Å². The number of methoxy groups -OCH3 is 3. The molecule has 2 aromatic carbocycles. The first kappa shape index (κ1) is 16.2. The Balaban J connectivity index is 2.50. The Morgan fingerprint density at radius 2 is 1.43 bits per heavy atom. The van der Waals surface area contributed by atoms with Gasteiger partial charge in [-0.1, -0.05) is 44.0 Å². The Kier molecular flexibility index (Phi) is 5.53. The lowest BCUT2D eigenvalue weighted by atomic mass is 10.0. The fourth-order valence-electron chi connectivity index (χ4n) is 2.14. The maximum atomic E-state index is 5.53. The summed E-state index contributed by atoms with van der Waals surface area (Å²) in [6.45, 7) is 0. The molecule has 0 fully saturated rings. The smallest absolute Gasteiger partial charge is 0.203 e. The SMILES string of the molecule is COc1ccc(C(Br)c2ccc(Br)cc2)c(OC)c1OC. The Morgan fingerprint density at radius 1 is 0.810 bits per heavy atom. The van der Waals surface area contributed by atoms with Crippen LogP contribution in [0, 0.1) is 0 Å². The van der Waals surface area contributed by atoms with Gasteiger partial charge in [-0.2, -0.15) is 0 Å². The zero-order valence-corrected chi connectivity index (χ0v) is 15.2. The molecule has 0 aliphatic rings. The molecule has 0 saturated heterocycles. The number of hydrogen-bond donors (Lipinski definition) is 0. The molecule has 0 aliphatic heterocycles. The van der Waals surface area contributed by atoms with Gasteiger partial charge in [-0.15, -0.1) is 0 Å². The second kappa shape index (κ2) is 7.18. The number of alkyl halides is 1. The van der Waals surface area contributed by atoms with E-state index < -0.39 is 0 Å². The van der Waals surface area contributed by atoms with Gasteiger partial charge in [0.05, 0.1) is 26.2 Å². The summed E-state index contributed by atoms with van der Waals surface area (Å²) in [4.78, 5) is 0.000330. The van der Waals surface area contributed by atoms with Gasteiger partial charge in [0.1, 0.15) is 0 Å². The van der Waals surface area contributed by atoms with Gasteiger partial charge in [0.25, 0.3) is 0 Å². The highest BCUT2D eigenvalue weighted by atomic mass is 79.9. The molecule has 0 bridgehead atoms. The first-order valence-corrected chi connectivity index (χ1v) is 8.01. The molecule has 112 valence electrons. The third-order valence-corrected chi connectivity index (χ3v) is 4.72. The van der Waals surface area contributed by atoms with Gasteiger partial charge in [-0.05, 0) is 29.8 Å². The highest BCUT2D eigenvalue weighted by Gasteiger charge is 2.21. The number of rotatable bonds is 5. The largest absolute Gasteiger partial charge is 0.493 e. The summed E-state index contributed by atoms with van der Waals surface area (Å²) in [6, 6.07) is 12.0. The van der Waals surface area contributed by atoms with Gasteiger partial charge >= 0.3 is 0 Å². The lowest BCUT2D eigenvalue weighted by Crippen LogP contribution is -2.01. The molecule has 3 nitrogen and oxygen atoms in total. The molecule has 1 unspecified atom stereocenters. The van der Waals surface area contributed by atoms with E-state index in [4.69, 9.17) is 14.2 Å². The van der Waals surface area contributed by atoms with E-state index in [0.29, 0.717) is 17.2 Å². The van der Waals surface area contributed by atoms with Crippen LogP contribution >= 0.6 is 31.9 Å². The zero-order valence-electron chi connectivity index (χ0n) is 12.0. The van der Waals surface area contributed by atoms with Crippen molar-refractivity contribution in [3.05, 3.63) is 52.0 Å². The Bertz CT molecular complexity index is 612. The van der Waals surface area contributed by atoms with Crippen molar-refractivity contribution in [3.63, 3.8) is 0 Å². The van der Waals surface area contributed by atoms with Crippen molar-refractivity contribution >= 4 is 31.9 Å². The second-order valence-electron chi connectivity index (χ2n) is 4.34. The highest BCUT2D eigenvalue weighted by molar-refractivity contribution is 9.10. The fourth-order valence-corrected chi connectivity index (χ4v) is 3.07. The molecule has 0 aliphatic carbocycles. The number of ether oxygens (including phenoxy) is 3. The van der Waals surface area contributed by atoms with Crippen molar-refractivity contribution in [2.24, 2.45) is 0 Å². The summed E-state index contributed by atoms with van der Waals surface area (Å²) in [6.07, 6.45) is 0. The third-order valence-electron chi connectivity index (χ3n) is 3.17. The standard InChI is InChI=1S/C16H16Br2O3/c1-19-13-9-8-12(15(20-2)16(13)21-3)14(18)10-4-6-11(17)7-5-10/h4-9,14H,1-3H3. The van der Waals surface area contributed by atoms with Crippen LogP contribution in [-0.4, -0.2) is 21.3 Å². The minimum Gasteiger partial charge on any atom is -0.493 e. The normalized spacial score (nSPS) is 11.9. The zero-order chi connectivity index (χ0) is 15.4. The molecule has 5 heteroatoms. The summed E-state index contributed by atoms with van der Waals surface area (Å²) in [5, 5.41) is 0. The predicted octanol–water partition coefficient (Wildman–Crippen LogP) is 4.96. The van der Waals surface area contributed by atoms with Crippen molar-refractivity contribution in [1.82, 2.24) is 0 Å². The maximum Gasteiger partial charge on any atom is 0.203 e. The van der Waals surface area contributed by atoms with Crippen LogP contribution in [-0.2, 0) is 0 Å². The molecule has 0 radical (unpaired) electrons. The molecule has 0 aromatic heterocycles. The monoisotopic (exact) mass is 414 g/mol. The average Bonchev–Trinajstić information content (AvgIpc) is 2.53. The molecular weight excluding hydrogens is 400 g/mol. The van der Waals surface area contributed by atoms with Gasteiger partial charge in [-0.25, -0.2) is 0 Å². The fraction of sp³-hybridized carbons (Fsp3) is 0.250. The quantitative estimate of drug-likeness (QED) is 0.646. The van der Waals surface area contributed by atoms with Gasteiger partial charge in [-0.3, -0.25) is 0 Å². The molecule has 1 atom stereocenters. The Morgan fingerprint density at radius 3 is 1.95 bits per heavy atom. The second-order valence-corrected chi connectivity index (χ2v) is 6.17. The lowest BCUT2D eigenvalue weighted by molar-refractivity contribution is 0.322. The van der Waals surface area contributed by atoms with Crippen molar-refractivity contribution in [3.8, 4) is 17.2 Å². The van der Waals surface area contributed by atoms with Crippen LogP contribution in [0.5, 0.6) is 17.2 Å². The topological polar surface area (TPSA) is 27.7 Å². The van der Waals surface area contributed by atoms with Gasteiger partial charge in [0.2, 0.25) is 5.75 Å². The third kappa shape index (κ3) is 3.35. The van der Waals surface area contributed by atoms with Gasteiger partial charge < -0.3 is 14.2 Å². The summed E-state index contributed by atoms with van der Waals surface area (Å²) < 4.78 is 17.3. The molecule has 0 heterocycles. The maximum absolute atomic E-state index is 5.53. The molecule has 0 N–H and O–H groups in total. The van der Waals surface area contributed by atoms with E-state index in [1.807, 2.05) is 24.3 Å². The van der Waals surface area contributed by atoms with E-state index in [1.165, 1.54) is 0 Å². The van der Waals surface area contributed by atoms with Crippen molar-refractivity contribution in [2.75, 3.05) is 21.3 Å². The van der Waals surface area contributed by atoms with Crippen molar-refractivity contribution in [2.45, 2.75) is 4.83 Å². The molecule has 2 rings (SSSR count). The highest BCUT2D eigenvalue weighted by Crippen LogP contribution is 2.46. The summed E-state index contributed by atoms with van der Waals surface area (Å²) >= 11 is 7.17. The van der Waals surface area contributed by atoms with Crippen LogP contribution in [0.15, 0.2) is 40.9 Å². The molecule has 0 amide bonds. The molecule has 2 aromatic rings.